The zero-order valence-electron chi connectivity index (χ0n) is 8.84. The van der Waals surface area contributed by atoms with Crippen LogP contribution in [-0.4, -0.2) is 15.9 Å². The number of anilines is 1. The molecule has 17 heavy (non-hydrogen) atoms. The molecule has 1 atom stereocenters. The van der Waals surface area contributed by atoms with Crippen molar-refractivity contribution >= 4 is 17.3 Å². The van der Waals surface area contributed by atoms with Gasteiger partial charge < -0.3 is 10.4 Å². The number of nitrogens with one attached hydrogen (secondary N) is 1. The number of carbonyl (C=O) groups excluding carboxylic acids is 1. The molecule has 1 aromatic rings. The number of hydrogen-bond donors (Lipinski definition) is 2. The maximum Gasteiger partial charge on any atom is 0.269 e. The van der Waals surface area contributed by atoms with Crippen LogP contribution >= 0.6 is 0 Å². The van der Waals surface area contributed by atoms with Gasteiger partial charge in [-0.1, -0.05) is 6.08 Å². The summed E-state index contributed by atoms with van der Waals surface area (Å²) in [7, 11) is 0. The highest BCUT2D eigenvalue weighted by molar-refractivity contribution is 6.05. The summed E-state index contributed by atoms with van der Waals surface area (Å²) in [6.07, 6.45) is 1.40. The number of benzene rings is 1. The van der Waals surface area contributed by atoms with Crippen molar-refractivity contribution in [1.82, 2.24) is 0 Å². The average molecular weight is 234 g/mol. The number of nitrogens with zero attached hydrogens (tertiary/aromatic N) is 1. The van der Waals surface area contributed by atoms with Crippen molar-refractivity contribution in [2.45, 2.75) is 12.0 Å². The number of hydrogen-bond acceptors (Lipinski definition) is 4. The van der Waals surface area contributed by atoms with E-state index in [2.05, 4.69) is 11.9 Å². The van der Waals surface area contributed by atoms with E-state index in [1.54, 1.807) is 0 Å². The molecule has 6 nitrogen and oxygen atoms in total. The van der Waals surface area contributed by atoms with Gasteiger partial charge in [-0.3, -0.25) is 14.9 Å². The van der Waals surface area contributed by atoms with Gasteiger partial charge in [-0.2, -0.15) is 0 Å². The fourth-order valence-corrected chi connectivity index (χ4v) is 1.86. The molecule has 0 saturated heterocycles. The van der Waals surface area contributed by atoms with Crippen LogP contribution in [0.15, 0.2) is 30.9 Å². The van der Waals surface area contributed by atoms with Gasteiger partial charge >= 0.3 is 0 Å². The minimum Gasteiger partial charge on any atom is -0.375 e. The van der Waals surface area contributed by atoms with Gasteiger partial charge in [-0.25, -0.2) is 0 Å². The standard InChI is InChI=1S/C11H10N2O4/c1-2-5-11(15)8-6-7(13(16)17)3-4-9(8)12-10(11)14/h2-4,6,15H,1,5H2,(H,12,14). The summed E-state index contributed by atoms with van der Waals surface area (Å²) >= 11 is 0. The molecule has 0 spiro atoms. The first-order chi connectivity index (χ1) is 7.99. The Morgan fingerprint density at radius 3 is 2.88 bits per heavy atom. The minimum atomic E-state index is -1.76. The summed E-state index contributed by atoms with van der Waals surface area (Å²) in [6.45, 7) is 3.46. The lowest BCUT2D eigenvalue weighted by atomic mass is 9.91. The van der Waals surface area contributed by atoms with E-state index in [4.69, 9.17) is 0 Å². The fourth-order valence-electron chi connectivity index (χ4n) is 1.86. The van der Waals surface area contributed by atoms with Crippen molar-refractivity contribution in [2.24, 2.45) is 0 Å². The molecule has 0 bridgehead atoms. The first kappa shape index (κ1) is 11.3. The van der Waals surface area contributed by atoms with E-state index in [-0.39, 0.29) is 17.7 Å². The van der Waals surface area contributed by atoms with Crippen LogP contribution in [0, 0.1) is 10.1 Å². The summed E-state index contributed by atoms with van der Waals surface area (Å²) < 4.78 is 0. The van der Waals surface area contributed by atoms with Crippen molar-refractivity contribution in [3.8, 4) is 0 Å². The summed E-state index contributed by atoms with van der Waals surface area (Å²) in [4.78, 5) is 21.7. The number of carbonyl (C=O) groups is 1. The smallest absolute Gasteiger partial charge is 0.269 e. The highest BCUT2D eigenvalue weighted by Crippen LogP contribution is 2.40. The molecule has 88 valence electrons. The normalized spacial score (nSPS) is 21.8. The molecule has 0 saturated carbocycles. The second-order valence-corrected chi connectivity index (χ2v) is 3.79. The third kappa shape index (κ3) is 1.58. The van der Waals surface area contributed by atoms with E-state index >= 15 is 0 Å². The van der Waals surface area contributed by atoms with Gasteiger partial charge in [-0.15, -0.1) is 6.58 Å². The number of nitro groups is 1. The minimum absolute atomic E-state index is 0.00695. The van der Waals surface area contributed by atoms with Gasteiger partial charge in [0, 0.05) is 29.8 Å². The first-order valence-electron chi connectivity index (χ1n) is 4.92. The van der Waals surface area contributed by atoms with Crippen LogP contribution in [0.3, 0.4) is 0 Å². The van der Waals surface area contributed by atoms with Gasteiger partial charge in [0.25, 0.3) is 11.6 Å². The third-order valence-electron chi connectivity index (χ3n) is 2.72. The Morgan fingerprint density at radius 2 is 2.29 bits per heavy atom. The molecule has 1 aromatic carbocycles. The van der Waals surface area contributed by atoms with Crippen LogP contribution in [-0.2, 0) is 10.4 Å². The van der Waals surface area contributed by atoms with E-state index in [0.29, 0.717) is 5.69 Å². The van der Waals surface area contributed by atoms with Gasteiger partial charge in [0.05, 0.1) is 4.92 Å². The van der Waals surface area contributed by atoms with Crippen LogP contribution in [0.5, 0.6) is 0 Å². The largest absolute Gasteiger partial charge is 0.375 e. The first-order valence-corrected chi connectivity index (χ1v) is 4.92. The Bertz CT molecular complexity index is 526. The molecule has 6 heteroatoms. The van der Waals surface area contributed by atoms with Crippen molar-refractivity contribution in [1.29, 1.82) is 0 Å². The second kappa shape index (κ2) is 3.67. The molecule has 1 heterocycles. The lowest BCUT2D eigenvalue weighted by Gasteiger charge is -2.18. The quantitative estimate of drug-likeness (QED) is 0.468. The summed E-state index contributed by atoms with van der Waals surface area (Å²) in [5.41, 5.74) is -1.31. The molecule has 0 fully saturated rings. The lowest BCUT2D eigenvalue weighted by molar-refractivity contribution is -0.385. The zero-order chi connectivity index (χ0) is 12.6. The number of aliphatic hydroxyl groups is 1. The van der Waals surface area contributed by atoms with E-state index < -0.39 is 16.4 Å². The molecule has 1 aliphatic heterocycles. The van der Waals surface area contributed by atoms with Crippen molar-refractivity contribution in [3.63, 3.8) is 0 Å². The third-order valence-corrected chi connectivity index (χ3v) is 2.72. The molecule has 0 aliphatic carbocycles. The molecular weight excluding hydrogens is 224 g/mol. The summed E-state index contributed by atoms with van der Waals surface area (Å²) in [6, 6.07) is 3.89. The maximum atomic E-state index is 11.6. The molecule has 0 aromatic heterocycles. The van der Waals surface area contributed by atoms with Gasteiger partial charge in [0.1, 0.15) is 0 Å². The van der Waals surface area contributed by atoms with Gasteiger partial charge in [0.15, 0.2) is 5.60 Å². The van der Waals surface area contributed by atoms with E-state index in [0.717, 1.165) is 0 Å². The number of non-ortho nitro benzene ring substituents is 1. The fraction of sp³-hybridized carbons (Fsp3) is 0.182. The van der Waals surface area contributed by atoms with Crippen molar-refractivity contribution in [3.05, 3.63) is 46.5 Å². The summed E-state index contributed by atoms with van der Waals surface area (Å²) in [5, 5.41) is 23.3. The van der Waals surface area contributed by atoms with Crippen LogP contribution < -0.4 is 5.32 Å². The average Bonchev–Trinajstić information content (AvgIpc) is 2.52. The maximum absolute atomic E-state index is 11.6. The molecule has 2 N–H and O–H groups in total. The van der Waals surface area contributed by atoms with Crippen LogP contribution in [0.2, 0.25) is 0 Å². The monoisotopic (exact) mass is 234 g/mol. The number of nitro benzene ring substituents is 1. The highest BCUT2D eigenvalue weighted by atomic mass is 16.6. The molecule has 2 rings (SSSR count). The van der Waals surface area contributed by atoms with Gasteiger partial charge in [0.2, 0.25) is 0 Å². The van der Waals surface area contributed by atoms with Crippen LogP contribution in [0.1, 0.15) is 12.0 Å². The van der Waals surface area contributed by atoms with Crippen molar-refractivity contribution in [2.75, 3.05) is 5.32 Å². The predicted octanol–water partition coefficient (Wildman–Crippen LogP) is 1.31. The zero-order valence-corrected chi connectivity index (χ0v) is 8.84. The van der Waals surface area contributed by atoms with Crippen LogP contribution in [0.4, 0.5) is 11.4 Å². The molecule has 1 aliphatic rings. The Morgan fingerprint density at radius 1 is 1.59 bits per heavy atom. The number of fused-ring (bicyclic) bond motifs is 1. The Balaban J connectivity index is 2.57. The lowest BCUT2D eigenvalue weighted by Crippen LogP contribution is -2.33. The Kier molecular flexibility index (Phi) is 2.44. The SMILES string of the molecule is C=CCC1(O)C(=O)Nc2ccc([N+](=O)[O-])cc21. The van der Waals surface area contributed by atoms with Gasteiger partial charge in [-0.05, 0) is 6.07 Å². The summed E-state index contributed by atoms with van der Waals surface area (Å²) in [5.74, 6) is -0.590. The topological polar surface area (TPSA) is 92.5 Å². The number of rotatable bonds is 3. The second-order valence-electron chi connectivity index (χ2n) is 3.79. The predicted molar refractivity (Wildman–Crippen MR) is 60.4 cm³/mol. The Hall–Kier alpha value is -2.21. The number of amides is 1. The molecular formula is C11H10N2O4. The van der Waals surface area contributed by atoms with Crippen molar-refractivity contribution < 1.29 is 14.8 Å². The molecule has 1 unspecified atom stereocenters. The molecule has 1 amide bonds. The van der Waals surface area contributed by atoms with Crippen LogP contribution in [0.25, 0.3) is 0 Å². The van der Waals surface area contributed by atoms with E-state index in [1.165, 1.54) is 24.3 Å². The van der Waals surface area contributed by atoms with E-state index in [1.807, 2.05) is 0 Å². The van der Waals surface area contributed by atoms with E-state index in [9.17, 15) is 20.0 Å². The highest BCUT2D eigenvalue weighted by Gasteiger charge is 2.44. The molecule has 0 radical (unpaired) electrons. The Labute approximate surface area is 96.7 Å².